The van der Waals surface area contributed by atoms with Gasteiger partial charge < -0.3 is 10.1 Å². The number of hydrogen-bond donors (Lipinski definition) is 2. The fourth-order valence-electron chi connectivity index (χ4n) is 0.830. The van der Waals surface area contributed by atoms with Gasteiger partial charge in [0.25, 0.3) is 0 Å². The van der Waals surface area contributed by atoms with Gasteiger partial charge in [0.05, 0.1) is 0 Å². The molecule has 0 amide bonds. The summed E-state index contributed by atoms with van der Waals surface area (Å²) in [7, 11) is 0. The summed E-state index contributed by atoms with van der Waals surface area (Å²) >= 11 is 0. The number of nitrogens with one attached hydrogen (secondary N) is 1. The van der Waals surface area contributed by atoms with Crippen LogP contribution in [0.4, 0.5) is 0 Å². The highest BCUT2D eigenvalue weighted by molar-refractivity contribution is 5.85. The van der Waals surface area contributed by atoms with Gasteiger partial charge >= 0.3 is 0 Å². The van der Waals surface area contributed by atoms with Crippen LogP contribution in [-0.4, -0.2) is 15.9 Å². The topological polar surface area (TPSA) is 53.1 Å². The van der Waals surface area contributed by atoms with Crippen molar-refractivity contribution < 1.29 is 9.90 Å². The molecule has 0 saturated heterocycles. The number of carbonyl (C=O) groups excluding carboxylic acids is 1. The zero-order valence-corrected chi connectivity index (χ0v) is 6.59. The van der Waals surface area contributed by atoms with Gasteiger partial charge in [-0.1, -0.05) is 0 Å². The van der Waals surface area contributed by atoms with Crippen LogP contribution in [0.3, 0.4) is 0 Å². The van der Waals surface area contributed by atoms with E-state index in [1.54, 1.807) is 18.5 Å². The van der Waals surface area contributed by atoms with E-state index in [4.69, 9.17) is 0 Å². The SMILES string of the molecule is CC(=O)[C@](C)(O)c1cc[nH]c1. The normalized spacial score (nSPS) is 15.9. The molecule has 0 aliphatic heterocycles. The second-order valence-electron chi connectivity index (χ2n) is 2.73. The van der Waals surface area contributed by atoms with Crippen LogP contribution in [0.25, 0.3) is 0 Å². The summed E-state index contributed by atoms with van der Waals surface area (Å²) in [6.07, 6.45) is 3.29. The fourth-order valence-corrected chi connectivity index (χ4v) is 0.830. The van der Waals surface area contributed by atoms with Crippen molar-refractivity contribution in [1.82, 2.24) is 4.98 Å². The molecule has 0 aromatic carbocycles. The van der Waals surface area contributed by atoms with Gasteiger partial charge in [0.1, 0.15) is 5.60 Å². The lowest BCUT2D eigenvalue weighted by Gasteiger charge is -2.17. The third-order valence-electron chi connectivity index (χ3n) is 1.85. The Morgan fingerprint density at radius 1 is 1.73 bits per heavy atom. The number of carbonyl (C=O) groups is 1. The molecule has 60 valence electrons. The molecule has 0 aliphatic carbocycles. The Morgan fingerprint density at radius 3 is 2.73 bits per heavy atom. The third-order valence-corrected chi connectivity index (χ3v) is 1.85. The number of H-pyrrole nitrogens is 1. The molecule has 0 saturated carbocycles. The second kappa shape index (κ2) is 2.51. The maximum absolute atomic E-state index is 10.9. The largest absolute Gasteiger partial charge is 0.378 e. The first kappa shape index (κ1) is 8.01. The highest BCUT2D eigenvalue weighted by Gasteiger charge is 2.28. The molecule has 0 unspecified atom stereocenters. The number of hydrogen-bond acceptors (Lipinski definition) is 2. The summed E-state index contributed by atoms with van der Waals surface area (Å²) in [5.41, 5.74) is -0.745. The van der Waals surface area contributed by atoms with E-state index in [2.05, 4.69) is 4.98 Å². The van der Waals surface area contributed by atoms with Crippen molar-refractivity contribution >= 4 is 5.78 Å². The molecule has 0 bridgehead atoms. The minimum absolute atomic E-state index is 0.253. The molecular weight excluding hydrogens is 142 g/mol. The van der Waals surface area contributed by atoms with Crippen LogP contribution in [0.2, 0.25) is 0 Å². The minimum Gasteiger partial charge on any atom is -0.378 e. The molecule has 1 atom stereocenters. The van der Waals surface area contributed by atoms with E-state index in [9.17, 15) is 9.90 Å². The minimum atomic E-state index is -1.35. The van der Waals surface area contributed by atoms with E-state index in [0.717, 1.165) is 0 Å². The summed E-state index contributed by atoms with van der Waals surface area (Å²) in [5.74, 6) is -0.253. The molecule has 1 aromatic heterocycles. The van der Waals surface area contributed by atoms with E-state index in [0.29, 0.717) is 5.56 Å². The van der Waals surface area contributed by atoms with Crippen LogP contribution in [0, 0.1) is 0 Å². The van der Waals surface area contributed by atoms with E-state index >= 15 is 0 Å². The van der Waals surface area contributed by atoms with Gasteiger partial charge in [-0.05, 0) is 19.9 Å². The van der Waals surface area contributed by atoms with Gasteiger partial charge in [-0.2, -0.15) is 0 Å². The van der Waals surface area contributed by atoms with E-state index in [1.165, 1.54) is 13.8 Å². The van der Waals surface area contributed by atoms with Crippen molar-refractivity contribution in [2.24, 2.45) is 0 Å². The molecule has 1 heterocycles. The van der Waals surface area contributed by atoms with Gasteiger partial charge in [0.2, 0.25) is 0 Å². The van der Waals surface area contributed by atoms with E-state index in [-0.39, 0.29) is 5.78 Å². The van der Waals surface area contributed by atoms with Crippen molar-refractivity contribution in [2.45, 2.75) is 19.4 Å². The van der Waals surface area contributed by atoms with Gasteiger partial charge in [-0.3, -0.25) is 4.79 Å². The van der Waals surface area contributed by atoms with Crippen LogP contribution in [0.15, 0.2) is 18.5 Å². The molecule has 11 heavy (non-hydrogen) atoms. The van der Waals surface area contributed by atoms with Crippen molar-refractivity contribution in [1.29, 1.82) is 0 Å². The number of aromatic amines is 1. The van der Waals surface area contributed by atoms with Gasteiger partial charge in [-0.15, -0.1) is 0 Å². The summed E-state index contributed by atoms with van der Waals surface area (Å²) in [6.45, 7) is 2.85. The molecule has 2 N–H and O–H groups in total. The summed E-state index contributed by atoms with van der Waals surface area (Å²) in [5, 5.41) is 9.58. The Hall–Kier alpha value is -1.09. The van der Waals surface area contributed by atoms with Crippen LogP contribution in [0.1, 0.15) is 19.4 Å². The van der Waals surface area contributed by atoms with Crippen LogP contribution >= 0.6 is 0 Å². The van der Waals surface area contributed by atoms with E-state index < -0.39 is 5.60 Å². The number of rotatable bonds is 2. The number of ketones is 1. The van der Waals surface area contributed by atoms with Crippen LogP contribution < -0.4 is 0 Å². The quantitative estimate of drug-likeness (QED) is 0.660. The molecule has 0 aliphatic rings. The standard InChI is InChI=1S/C8H11NO2/c1-6(10)8(2,11)7-3-4-9-5-7/h3-5,9,11H,1-2H3/t8-/m0/s1. The smallest absolute Gasteiger partial charge is 0.165 e. The summed E-state index contributed by atoms with van der Waals surface area (Å²) in [6, 6.07) is 1.68. The lowest BCUT2D eigenvalue weighted by Crippen LogP contribution is -2.29. The van der Waals surface area contributed by atoms with Crippen molar-refractivity contribution in [2.75, 3.05) is 0 Å². The predicted molar refractivity (Wildman–Crippen MR) is 41.0 cm³/mol. The van der Waals surface area contributed by atoms with Gasteiger partial charge in [0, 0.05) is 18.0 Å². The zero-order valence-electron chi connectivity index (χ0n) is 6.59. The molecule has 1 rings (SSSR count). The Labute approximate surface area is 65.1 Å². The van der Waals surface area contributed by atoms with Crippen LogP contribution in [-0.2, 0) is 10.4 Å². The molecule has 0 fully saturated rings. The number of aromatic nitrogens is 1. The maximum Gasteiger partial charge on any atom is 0.165 e. The van der Waals surface area contributed by atoms with Gasteiger partial charge in [-0.25, -0.2) is 0 Å². The lowest BCUT2D eigenvalue weighted by atomic mass is 9.95. The average molecular weight is 153 g/mol. The Balaban J connectivity index is 3.00. The first-order chi connectivity index (χ1) is 5.05. The highest BCUT2D eigenvalue weighted by atomic mass is 16.3. The third kappa shape index (κ3) is 1.33. The van der Waals surface area contributed by atoms with Crippen molar-refractivity contribution in [3.63, 3.8) is 0 Å². The van der Waals surface area contributed by atoms with E-state index in [1.807, 2.05) is 0 Å². The highest BCUT2D eigenvalue weighted by Crippen LogP contribution is 2.20. The van der Waals surface area contributed by atoms with Gasteiger partial charge in [0.15, 0.2) is 5.78 Å². The molecule has 0 radical (unpaired) electrons. The monoisotopic (exact) mass is 153 g/mol. The first-order valence-electron chi connectivity index (χ1n) is 3.42. The Morgan fingerprint density at radius 2 is 2.36 bits per heavy atom. The number of aliphatic hydroxyl groups is 1. The average Bonchev–Trinajstić information content (AvgIpc) is 2.37. The molecule has 1 aromatic rings. The van der Waals surface area contributed by atoms with Crippen molar-refractivity contribution in [3.8, 4) is 0 Å². The molecule has 3 heteroatoms. The lowest BCUT2D eigenvalue weighted by molar-refractivity contribution is -0.134. The second-order valence-corrected chi connectivity index (χ2v) is 2.73. The maximum atomic E-state index is 10.9. The molecule has 0 spiro atoms. The Kier molecular flexibility index (Phi) is 1.83. The first-order valence-corrected chi connectivity index (χ1v) is 3.42. The Bertz CT molecular complexity index is 249. The number of Topliss-reactive ketones (excluding diaryl/α,β-unsaturated/α-hetero) is 1. The summed E-state index contributed by atoms with van der Waals surface area (Å²) in [4.78, 5) is 13.7. The molecule has 3 nitrogen and oxygen atoms in total. The zero-order chi connectivity index (χ0) is 8.48. The summed E-state index contributed by atoms with van der Waals surface area (Å²) < 4.78 is 0. The van der Waals surface area contributed by atoms with Crippen molar-refractivity contribution in [3.05, 3.63) is 24.0 Å². The predicted octanol–water partition coefficient (Wildman–Crippen LogP) is 0.811. The molecular formula is C8H11NO2. The fraction of sp³-hybridized carbons (Fsp3) is 0.375. The van der Waals surface area contributed by atoms with Crippen LogP contribution in [0.5, 0.6) is 0 Å².